The lowest BCUT2D eigenvalue weighted by molar-refractivity contribution is -0.120. The number of sulfonamides is 1. The van der Waals surface area contributed by atoms with Gasteiger partial charge in [0.05, 0.1) is 10.5 Å². The van der Waals surface area contributed by atoms with Crippen LogP contribution in [0.25, 0.3) is 0 Å². The van der Waals surface area contributed by atoms with E-state index >= 15 is 0 Å². The van der Waals surface area contributed by atoms with Gasteiger partial charge in [-0.15, -0.1) is 11.3 Å². The number of benzene rings is 1. The van der Waals surface area contributed by atoms with Crippen molar-refractivity contribution < 1.29 is 18.0 Å². The van der Waals surface area contributed by atoms with E-state index in [0.717, 1.165) is 11.3 Å². The maximum atomic E-state index is 12.9. The van der Waals surface area contributed by atoms with Gasteiger partial charge in [-0.2, -0.15) is 9.57 Å². The quantitative estimate of drug-likeness (QED) is 0.686. The second-order valence-electron chi connectivity index (χ2n) is 7.17. The average molecular weight is 446 g/mol. The summed E-state index contributed by atoms with van der Waals surface area (Å²) in [6.45, 7) is 3.90. The Kier molecular flexibility index (Phi) is 6.71. The zero-order chi connectivity index (χ0) is 21.9. The number of aryl methyl sites for hydroxylation is 1. The molecule has 30 heavy (non-hydrogen) atoms. The Morgan fingerprint density at radius 1 is 1.23 bits per heavy atom. The van der Waals surface area contributed by atoms with Gasteiger partial charge in [-0.25, -0.2) is 8.42 Å². The maximum absolute atomic E-state index is 12.9. The summed E-state index contributed by atoms with van der Waals surface area (Å²) in [5.74, 6) is -0.615. The minimum atomic E-state index is -3.67. The molecule has 2 heterocycles. The van der Waals surface area contributed by atoms with Crippen LogP contribution in [0.3, 0.4) is 0 Å². The molecule has 1 saturated heterocycles. The Morgan fingerprint density at radius 3 is 2.40 bits per heavy atom. The van der Waals surface area contributed by atoms with Gasteiger partial charge < -0.3 is 5.32 Å². The predicted molar refractivity (Wildman–Crippen MR) is 115 cm³/mol. The van der Waals surface area contributed by atoms with Crippen molar-refractivity contribution >= 4 is 38.1 Å². The second kappa shape index (κ2) is 9.08. The fraction of sp³-hybridized carbons (Fsp3) is 0.381. The number of carbonyl (C=O) groups excluding carboxylic acids is 2. The van der Waals surface area contributed by atoms with Gasteiger partial charge in [0, 0.05) is 29.4 Å². The maximum Gasteiger partial charge on any atom is 0.243 e. The Morgan fingerprint density at radius 2 is 1.87 bits per heavy atom. The van der Waals surface area contributed by atoms with Crippen LogP contribution in [0.15, 0.2) is 35.2 Å². The first-order valence-electron chi connectivity index (χ1n) is 9.71. The Hall–Kier alpha value is -2.54. The summed E-state index contributed by atoms with van der Waals surface area (Å²) in [7, 11) is -3.67. The zero-order valence-corrected chi connectivity index (χ0v) is 18.5. The predicted octanol–water partition coefficient (Wildman–Crippen LogP) is 3.42. The molecule has 1 fully saturated rings. The van der Waals surface area contributed by atoms with Crippen LogP contribution in [0.5, 0.6) is 0 Å². The second-order valence-corrected chi connectivity index (χ2v) is 10.2. The van der Waals surface area contributed by atoms with E-state index in [9.17, 15) is 23.3 Å². The van der Waals surface area contributed by atoms with E-state index in [0.29, 0.717) is 29.0 Å². The number of Topliss-reactive ketones (excluding diaryl/α,β-unsaturated/α-hetero) is 1. The molecule has 2 aromatic rings. The van der Waals surface area contributed by atoms with Gasteiger partial charge in [0.25, 0.3) is 0 Å². The normalized spacial score (nSPS) is 15.5. The number of piperidine rings is 1. The van der Waals surface area contributed by atoms with Crippen molar-refractivity contribution in [2.75, 3.05) is 18.4 Å². The van der Waals surface area contributed by atoms with Crippen LogP contribution in [-0.2, 0) is 21.2 Å². The molecule has 0 bridgehead atoms. The molecule has 1 N–H and O–H groups in total. The summed E-state index contributed by atoms with van der Waals surface area (Å²) in [5, 5.41) is 12.6. The molecule has 1 aromatic heterocycles. The van der Waals surface area contributed by atoms with Crippen LogP contribution < -0.4 is 5.32 Å². The number of anilines is 1. The molecule has 1 aliphatic rings. The van der Waals surface area contributed by atoms with Gasteiger partial charge in [0.1, 0.15) is 11.1 Å². The minimum absolute atomic E-state index is 0.123. The van der Waals surface area contributed by atoms with Gasteiger partial charge >= 0.3 is 0 Å². The molecule has 158 valence electrons. The van der Waals surface area contributed by atoms with Crippen molar-refractivity contribution in [3.05, 3.63) is 46.3 Å². The highest BCUT2D eigenvalue weighted by molar-refractivity contribution is 7.89. The summed E-state index contributed by atoms with van der Waals surface area (Å²) in [6, 6.07) is 9.78. The third kappa shape index (κ3) is 4.61. The first kappa shape index (κ1) is 22.2. The molecule has 0 spiro atoms. The summed E-state index contributed by atoms with van der Waals surface area (Å²) in [4.78, 5) is 25.2. The number of nitrogens with zero attached hydrogens (tertiary/aromatic N) is 2. The summed E-state index contributed by atoms with van der Waals surface area (Å²) in [5.41, 5.74) is 0.917. The number of amides is 1. The first-order valence-corrected chi connectivity index (χ1v) is 12.0. The molecule has 0 saturated carbocycles. The fourth-order valence-electron chi connectivity index (χ4n) is 3.38. The van der Waals surface area contributed by atoms with Gasteiger partial charge in [-0.3, -0.25) is 9.59 Å². The first-order chi connectivity index (χ1) is 14.3. The third-order valence-corrected chi connectivity index (χ3v) is 8.32. The van der Waals surface area contributed by atoms with Crippen LogP contribution in [-0.4, -0.2) is 37.5 Å². The van der Waals surface area contributed by atoms with E-state index in [4.69, 9.17) is 0 Å². The topological polar surface area (TPSA) is 107 Å². The SMILES string of the molecule is CCc1cc(C#N)c(NC(=O)C2CCN(S(=O)(=O)c3ccc(C(C)=O)cc3)CC2)s1. The van der Waals surface area contributed by atoms with Crippen LogP contribution in [0.2, 0.25) is 0 Å². The van der Waals surface area contributed by atoms with Crippen molar-refractivity contribution in [2.45, 2.75) is 38.0 Å². The van der Waals surface area contributed by atoms with E-state index in [-0.39, 0.29) is 35.6 Å². The number of nitriles is 1. The molecular weight excluding hydrogens is 422 g/mol. The van der Waals surface area contributed by atoms with E-state index in [1.54, 1.807) is 6.07 Å². The fourth-order valence-corrected chi connectivity index (χ4v) is 5.79. The average Bonchev–Trinajstić information content (AvgIpc) is 3.15. The highest BCUT2D eigenvalue weighted by Gasteiger charge is 2.32. The van der Waals surface area contributed by atoms with E-state index in [1.807, 2.05) is 6.92 Å². The largest absolute Gasteiger partial charge is 0.316 e. The lowest BCUT2D eigenvalue weighted by atomic mass is 9.97. The number of hydrogen-bond donors (Lipinski definition) is 1. The smallest absolute Gasteiger partial charge is 0.243 e. The molecule has 7 nitrogen and oxygen atoms in total. The number of hydrogen-bond acceptors (Lipinski definition) is 6. The van der Waals surface area contributed by atoms with E-state index in [1.165, 1.54) is 46.8 Å². The van der Waals surface area contributed by atoms with Crippen LogP contribution in [0.1, 0.15) is 47.5 Å². The zero-order valence-electron chi connectivity index (χ0n) is 16.8. The van der Waals surface area contributed by atoms with Gasteiger partial charge in [-0.05, 0) is 44.4 Å². The summed E-state index contributed by atoms with van der Waals surface area (Å²) >= 11 is 1.40. The van der Waals surface area contributed by atoms with Crippen molar-refractivity contribution in [1.29, 1.82) is 5.26 Å². The van der Waals surface area contributed by atoms with Crippen LogP contribution in [0, 0.1) is 17.2 Å². The lowest BCUT2D eigenvalue weighted by Gasteiger charge is -2.30. The summed E-state index contributed by atoms with van der Waals surface area (Å²) in [6.07, 6.45) is 1.61. The van der Waals surface area contributed by atoms with Crippen molar-refractivity contribution in [2.24, 2.45) is 5.92 Å². The van der Waals surface area contributed by atoms with E-state index in [2.05, 4.69) is 11.4 Å². The van der Waals surface area contributed by atoms with Gasteiger partial charge in [0.2, 0.25) is 15.9 Å². The number of rotatable bonds is 6. The third-order valence-electron chi connectivity index (χ3n) is 5.21. The highest BCUT2D eigenvalue weighted by Crippen LogP contribution is 2.30. The van der Waals surface area contributed by atoms with Gasteiger partial charge in [0.15, 0.2) is 5.78 Å². The van der Waals surface area contributed by atoms with Crippen molar-refractivity contribution in [1.82, 2.24) is 4.31 Å². The molecule has 9 heteroatoms. The molecule has 3 rings (SSSR count). The number of carbonyl (C=O) groups is 2. The molecule has 0 radical (unpaired) electrons. The Balaban J connectivity index is 1.64. The van der Waals surface area contributed by atoms with E-state index < -0.39 is 10.0 Å². The van der Waals surface area contributed by atoms with Crippen molar-refractivity contribution in [3.63, 3.8) is 0 Å². The minimum Gasteiger partial charge on any atom is -0.316 e. The lowest BCUT2D eigenvalue weighted by Crippen LogP contribution is -2.41. The molecule has 1 aromatic carbocycles. The number of ketones is 1. The molecule has 0 atom stereocenters. The Bertz CT molecular complexity index is 1090. The number of nitrogens with one attached hydrogen (secondary N) is 1. The molecule has 1 aliphatic heterocycles. The van der Waals surface area contributed by atoms with Crippen LogP contribution in [0.4, 0.5) is 5.00 Å². The Labute approximate surface area is 180 Å². The standard InChI is InChI=1S/C21H23N3O4S2/c1-3-18-12-17(13-22)21(29-18)23-20(26)16-8-10-24(11-9-16)30(27,28)19-6-4-15(5-7-19)14(2)25/h4-7,12,16H,3,8-11H2,1-2H3,(H,23,26). The number of thiophene rings is 1. The summed E-state index contributed by atoms with van der Waals surface area (Å²) < 4.78 is 27.1. The van der Waals surface area contributed by atoms with Gasteiger partial charge in [-0.1, -0.05) is 19.1 Å². The van der Waals surface area contributed by atoms with Crippen LogP contribution >= 0.6 is 11.3 Å². The molecule has 0 unspecified atom stereocenters. The molecule has 1 amide bonds. The molecular formula is C21H23N3O4S2. The highest BCUT2D eigenvalue weighted by atomic mass is 32.2. The molecule has 0 aliphatic carbocycles. The monoisotopic (exact) mass is 445 g/mol. The van der Waals surface area contributed by atoms with Crippen molar-refractivity contribution in [3.8, 4) is 6.07 Å².